The fourth-order valence-electron chi connectivity index (χ4n) is 1.33. The number of hydrogen-bond acceptors (Lipinski definition) is 1. The molecule has 0 bridgehead atoms. The van der Waals surface area contributed by atoms with Crippen LogP contribution in [0.15, 0.2) is 35.3 Å². The van der Waals surface area contributed by atoms with Crippen LogP contribution in [-0.2, 0) is 6.54 Å². The van der Waals surface area contributed by atoms with Gasteiger partial charge in [-0.3, -0.25) is 4.99 Å². The van der Waals surface area contributed by atoms with Crippen LogP contribution in [-0.4, -0.2) is 11.1 Å². The van der Waals surface area contributed by atoms with Crippen LogP contribution >= 0.6 is 11.6 Å². The summed E-state index contributed by atoms with van der Waals surface area (Å²) in [5.74, 6) is 0. The van der Waals surface area contributed by atoms with E-state index in [1.807, 2.05) is 24.4 Å². The average molecular weight is 224 g/mol. The molecule has 82 valence electrons. The van der Waals surface area contributed by atoms with Gasteiger partial charge in [0.2, 0.25) is 0 Å². The van der Waals surface area contributed by atoms with Gasteiger partial charge in [0.05, 0.1) is 11.4 Å². The van der Waals surface area contributed by atoms with Crippen molar-refractivity contribution in [2.75, 3.05) is 0 Å². The first-order chi connectivity index (χ1) is 7.20. The zero-order chi connectivity index (χ0) is 11.1. The van der Waals surface area contributed by atoms with Gasteiger partial charge in [0, 0.05) is 6.21 Å². The molecule has 0 radical (unpaired) electrons. The minimum Gasteiger partial charge on any atom is -0.291 e. The highest BCUT2D eigenvalue weighted by molar-refractivity contribution is 6.32. The third kappa shape index (κ3) is 4.05. The molecule has 0 aliphatic carbocycles. The molecule has 0 spiro atoms. The normalized spacial score (nSPS) is 12.2. The minimum atomic E-state index is -0.255. The van der Waals surface area contributed by atoms with Crippen molar-refractivity contribution in [3.8, 4) is 0 Å². The fraction of sp³-hybridized carbons (Fsp3) is 0.462. The third-order valence-corrected chi connectivity index (χ3v) is 3.25. The van der Waals surface area contributed by atoms with Gasteiger partial charge in [-0.25, -0.2) is 0 Å². The van der Waals surface area contributed by atoms with Crippen molar-refractivity contribution < 1.29 is 0 Å². The van der Waals surface area contributed by atoms with E-state index in [1.54, 1.807) is 0 Å². The highest BCUT2D eigenvalue weighted by Gasteiger charge is 2.18. The predicted octanol–water partition coefficient (Wildman–Crippen LogP) is 4.06. The number of aliphatic imine (C=N–C) groups is 1. The van der Waals surface area contributed by atoms with Gasteiger partial charge in [-0.1, -0.05) is 44.2 Å². The van der Waals surface area contributed by atoms with Gasteiger partial charge in [0.1, 0.15) is 0 Å². The van der Waals surface area contributed by atoms with Crippen LogP contribution in [0, 0.1) is 0 Å². The summed E-state index contributed by atoms with van der Waals surface area (Å²) in [6.45, 7) is 4.89. The standard InChI is InChI=1S/C13H18ClN/c1-3-13(14,4-2)11-15-10-12-8-6-5-7-9-12/h5-9,11H,3-4,10H2,1-2H3. The quantitative estimate of drug-likeness (QED) is 0.528. The zero-order valence-corrected chi connectivity index (χ0v) is 10.2. The SMILES string of the molecule is CCC(Cl)(C=NCc1ccccc1)CC. The fourth-order valence-corrected chi connectivity index (χ4v) is 1.40. The Balaban J connectivity index is 2.53. The largest absolute Gasteiger partial charge is 0.291 e. The molecule has 15 heavy (non-hydrogen) atoms. The van der Waals surface area contributed by atoms with E-state index in [0.29, 0.717) is 0 Å². The summed E-state index contributed by atoms with van der Waals surface area (Å²) in [5, 5.41) is 0. The van der Waals surface area contributed by atoms with Crippen LogP contribution in [0.25, 0.3) is 0 Å². The summed E-state index contributed by atoms with van der Waals surface area (Å²) in [6, 6.07) is 10.2. The van der Waals surface area contributed by atoms with E-state index < -0.39 is 0 Å². The molecule has 1 rings (SSSR count). The van der Waals surface area contributed by atoms with Crippen LogP contribution in [0.1, 0.15) is 32.3 Å². The Morgan fingerprint density at radius 1 is 1.20 bits per heavy atom. The first-order valence-electron chi connectivity index (χ1n) is 5.44. The maximum absolute atomic E-state index is 6.33. The summed E-state index contributed by atoms with van der Waals surface area (Å²) in [7, 11) is 0. The number of alkyl halides is 1. The second-order valence-corrected chi connectivity index (χ2v) is 4.45. The van der Waals surface area contributed by atoms with E-state index in [1.165, 1.54) is 5.56 Å². The molecule has 0 aromatic heterocycles. The van der Waals surface area contributed by atoms with E-state index in [9.17, 15) is 0 Å². The second kappa shape index (κ2) is 5.92. The zero-order valence-electron chi connectivity index (χ0n) is 9.41. The maximum atomic E-state index is 6.33. The van der Waals surface area contributed by atoms with Gasteiger partial charge in [0.15, 0.2) is 0 Å². The Kier molecular flexibility index (Phi) is 4.83. The second-order valence-electron chi connectivity index (χ2n) is 3.70. The molecule has 1 nitrogen and oxygen atoms in total. The van der Waals surface area contributed by atoms with Crippen LogP contribution < -0.4 is 0 Å². The van der Waals surface area contributed by atoms with E-state index >= 15 is 0 Å². The predicted molar refractivity (Wildman–Crippen MR) is 67.8 cm³/mol. The topological polar surface area (TPSA) is 12.4 Å². The van der Waals surface area contributed by atoms with Gasteiger partial charge in [-0.05, 0) is 18.4 Å². The van der Waals surface area contributed by atoms with Gasteiger partial charge < -0.3 is 0 Å². The average Bonchev–Trinajstić information content (AvgIpc) is 2.30. The Morgan fingerprint density at radius 2 is 1.80 bits per heavy atom. The van der Waals surface area contributed by atoms with E-state index in [0.717, 1.165) is 19.4 Å². The number of rotatable bonds is 5. The molecule has 2 heteroatoms. The summed E-state index contributed by atoms with van der Waals surface area (Å²) in [6.07, 6.45) is 3.73. The number of hydrogen-bond donors (Lipinski definition) is 0. The molecule has 0 aliphatic rings. The molecule has 0 unspecified atom stereocenters. The van der Waals surface area contributed by atoms with Crippen LogP contribution in [0.3, 0.4) is 0 Å². The van der Waals surface area contributed by atoms with Crippen molar-refractivity contribution in [1.82, 2.24) is 0 Å². The Morgan fingerprint density at radius 3 is 2.33 bits per heavy atom. The monoisotopic (exact) mass is 223 g/mol. The van der Waals surface area contributed by atoms with E-state index in [-0.39, 0.29) is 4.87 Å². The lowest BCUT2D eigenvalue weighted by atomic mass is 10.0. The first kappa shape index (κ1) is 12.3. The van der Waals surface area contributed by atoms with Crippen molar-refractivity contribution in [3.05, 3.63) is 35.9 Å². The minimum absolute atomic E-state index is 0.255. The first-order valence-corrected chi connectivity index (χ1v) is 5.82. The highest BCUT2D eigenvalue weighted by atomic mass is 35.5. The van der Waals surface area contributed by atoms with Gasteiger partial charge in [-0.15, -0.1) is 11.6 Å². The Bertz CT molecular complexity index is 302. The smallest absolute Gasteiger partial charge is 0.0787 e. The van der Waals surface area contributed by atoms with Crippen molar-refractivity contribution >= 4 is 17.8 Å². The maximum Gasteiger partial charge on any atom is 0.0787 e. The van der Waals surface area contributed by atoms with Crippen LogP contribution in [0.5, 0.6) is 0 Å². The third-order valence-electron chi connectivity index (χ3n) is 2.61. The molecular weight excluding hydrogens is 206 g/mol. The molecular formula is C13H18ClN. The van der Waals surface area contributed by atoms with Gasteiger partial charge in [0.25, 0.3) is 0 Å². The molecule has 0 fully saturated rings. The molecule has 0 saturated heterocycles. The van der Waals surface area contributed by atoms with Gasteiger partial charge in [-0.2, -0.15) is 0 Å². The number of benzene rings is 1. The van der Waals surface area contributed by atoms with Crippen LogP contribution in [0.4, 0.5) is 0 Å². The van der Waals surface area contributed by atoms with Crippen molar-refractivity contribution in [1.29, 1.82) is 0 Å². The summed E-state index contributed by atoms with van der Waals surface area (Å²) < 4.78 is 0. The van der Waals surface area contributed by atoms with E-state index in [2.05, 4.69) is 31.0 Å². The van der Waals surface area contributed by atoms with Crippen molar-refractivity contribution in [2.45, 2.75) is 38.1 Å². The lowest BCUT2D eigenvalue weighted by Gasteiger charge is -2.17. The molecule has 0 heterocycles. The van der Waals surface area contributed by atoms with Crippen molar-refractivity contribution in [2.24, 2.45) is 4.99 Å². The molecule has 0 amide bonds. The molecule has 1 aromatic carbocycles. The highest BCUT2D eigenvalue weighted by Crippen LogP contribution is 2.21. The molecule has 0 saturated carbocycles. The summed E-state index contributed by atoms with van der Waals surface area (Å²) >= 11 is 6.33. The van der Waals surface area contributed by atoms with Gasteiger partial charge >= 0.3 is 0 Å². The molecule has 0 N–H and O–H groups in total. The van der Waals surface area contributed by atoms with Crippen molar-refractivity contribution in [3.63, 3.8) is 0 Å². The Hall–Kier alpha value is -0.820. The lowest BCUT2D eigenvalue weighted by Crippen LogP contribution is -2.20. The Labute approximate surface area is 97.2 Å². The number of nitrogens with zero attached hydrogens (tertiary/aromatic N) is 1. The lowest BCUT2D eigenvalue weighted by molar-refractivity contribution is 0.691. The molecule has 1 aromatic rings. The summed E-state index contributed by atoms with van der Waals surface area (Å²) in [5.41, 5.74) is 1.22. The molecule has 0 aliphatic heterocycles. The van der Waals surface area contributed by atoms with Crippen LogP contribution in [0.2, 0.25) is 0 Å². The number of halogens is 1. The molecule has 0 atom stereocenters. The van der Waals surface area contributed by atoms with E-state index in [4.69, 9.17) is 11.6 Å². The summed E-state index contributed by atoms with van der Waals surface area (Å²) in [4.78, 5) is 4.14.